The monoisotopic (exact) mass is 1710 g/mol. The fourth-order valence-electron chi connectivity index (χ4n) is 18.3. The van der Waals surface area contributed by atoms with Gasteiger partial charge in [-0.1, -0.05) is 342 Å². The molecule has 0 saturated carbocycles. The van der Waals surface area contributed by atoms with E-state index < -0.39 is 115 Å². The van der Waals surface area contributed by atoms with Gasteiger partial charge < -0.3 is 0 Å². The van der Waals surface area contributed by atoms with Gasteiger partial charge in [-0.15, -0.1) is 0 Å². The summed E-state index contributed by atoms with van der Waals surface area (Å²) in [4.78, 5) is 0. The van der Waals surface area contributed by atoms with Gasteiger partial charge in [-0.2, -0.15) is 105 Å². The number of halogens is 24. The van der Waals surface area contributed by atoms with Crippen molar-refractivity contribution in [3.05, 3.63) is 0 Å². The molecule has 24 heteroatoms. The van der Waals surface area contributed by atoms with Crippen molar-refractivity contribution in [1.82, 2.24) is 0 Å². The Bertz CT molecular complexity index is 2370. The second-order valence-electron chi connectivity index (χ2n) is 37.9. The molecule has 0 aromatic rings. The van der Waals surface area contributed by atoms with Gasteiger partial charge in [0.15, 0.2) is 0 Å². The fraction of sp³-hybridized carbons (Fsp3) is 1.00. The lowest BCUT2D eigenvalue weighted by molar-refractivity contribution is -0.275. The average molecular weight is 1710 g/mol. The fourth-order valence-corrected chi connectivity index (χ4v) is 18.3. The van der Waals surface area contributed by atoms with Crippen LogP contribution >= 0.6 is 0 Å². The zero-order valence-electron chi connectivity index (χ0n) is 79.3. The highest BCUT2D eigenvalue weighted by molar-refractivity contribution is 5.00. The molecular weight excluding hydrogens is 1540 g/mol. The Hall–Kier alpha value is -1.68. The number of alkyl halides is 24. The quantitative estimate of drug-likeness (QED) is 0.0575. The van der Waals surface area contributed by atoms with Crippen LogP contribution in [-0.2, 0) is 0 Å². The van der Waals surface area contributed by atoms with E-state index in [1.165, 1.54) is 55.4 Å². The van der Waals surface area contributed by atoms with Crippen LogP contribution in [0.2, 0.25) is 0 Å². The zero-order chi connectivity index (χ0) is 94.2. The molecule has 0 aromatic carbocycles. The van der Waals surface area contributed by atoms with Crippen LogP contribution in [0.4, 0.5) is 105 Å². The first-order chi connectivity index (χ1) is 50.3. The largest absolute Gasteiger partial charge is 0.395 e. The van der Waals surface area contributed by atoms with Crippen LogP contribution in [0.1, 0.15) is 399 Å². The molecule has 0 fully saturated rings. The van der Waals surface area contributed by atoms with Gasteiger partial charge in [-0.05, 0) is 146 Å². The van der Waals surface area contributed by atoms with Crippen molar-refractivity contribution in [3.8, 4) is 0 Å². The third-order valence-electron chi connectivity index (χ3n) is 28.6. The summed E-state index contributed by atoms with van der Waals surface area (Å²) in [7, 11) is 0. The van der Waals surface area contributed by atoms with Crippen molar-refractivity contribution >= 4 is 0 Å². The van der Waals surface area contributed by atoms with Crippen molar-refractivity contribution in [2.45, 2.75) is 449 Å². The summed E-state index contributed by atoms with van der Waals surface area (Å²) >= 11 is 0. The molecule has 114 heavy (non-hydrogen) atoms. The van der Waals surface area contributed by atoms with Crippen LogP contribution in [0.5, 0.6) is 0 Å². The van der Waals surface area contributed by atoms with Gasteiger partial charge in [0.25, 0.3) is 0 Å². The molecule has 0 bridgehead atoms. The minimum atomic E-state index is -4.14. The molecule has 6 atom stereocenters. The molecule has 0 rings (SSSR count). The predicted molar refractivity (Wildman–Crippen MR) is 434 cm³/mol. The first-order valence-corrected chi connectivity index (χ1v) is 42.9. The standard InChI is InChI=1S/2C13H25F3.2C12H23F3.2C11H21F3.2C9H17F3/c1-8(2)11(9(3)4)12(7,10(5)6)13(14,15)16;1-7-8-12(6,13(14,15)16)11(9(2)3)10(4)5;1-7-10(5,8-2)11(6,9(3)4)12(13,14)15;1-6-9-11(5,12(13,14)15)10(4,7-2)8-3;1-6-9(7-2)10(5,8(3)4)11(12,13)14;1-5-8-10(4,11(12,13)14)9(6-2)7-3;1-6(2)8(5,7(3)4)9(10,11)12;1-4-6-8(3,7-5-2)9(10,11)12/h8-11H,1-7H3;9-11H,7-8H2,1-6H3;9H,7-8H2,1-6H3;6-9H2,1-5H3;8-9H,6-7H2,1-5H3;9H,5-8H2,1-4H3;6-7H,1-5H3;4-7H2,1-3H3. The van der Waals surface area contributed by atoms with E-state index in [4.69, 9.17) is 0 Å². The molecule has 0 nitrogen and oxygen atoms in total. The summed E-state index contributed by atoms with van der Waals surface area (Å²) in [6.07, 6.45) is -24.1. The molecule has 0 aliphatic carbocycles. The molecule has 0 saturated heterocycles. The topological polar surface area (TPSA) is 0 Å². The predicted octanol–water partition coefficient (Wildman–Crippen LogP) is 38.1. The molecule has 0 heterocycles. The van der Waals surface area contributed by atoms with E-state index in [1.807, 2.05) is 132 Å². The summed E-state index contributed by atoms with van der Waals surface area (Å²) in [5.41, 5.74) is -13.7. The molecule has 700 valence electrons. The highest BCUT2D eigenvalue weighted by atomic mass is 19.4. The number of hydrogen-bond acceptors (Lipinski definition) is 0. The summed E-state index contributed by atoms with van der Waals surface area (Å²) in [5, 5.41) is 0. The van der Waals surface area contributed by atoms with Crippen LogP contribution < -0.4 is 0 Å². The third kappa shape index (κ3) is 33.5. The number of rotatable bonds is 33. The van der Waals surface area contributed by atoms with Crippen molar-refractivity contribution in [2.24, 2.45) is 131 Å². The van der Waals surface area contributed by atoms with Gasteiger partial charge in [0.1, 0.15) is 0 Å². The minimum Gasteiger partial charge on any atom is -0.171 e. The second kappa shape index (κ2) is 50.8. The Morgan fingerprint density at radius 3 is 0.570 bits per heavy atom. The van der Waals surface area contributed by atoms with E-state index in [1.54, 1.807) is 96.9 Å². The van der Waals surface area contributed by atoms with E-state index in [0.717, 1.165) is 0 Å². The highest BCUT2D eigenvalue weighted by Crippen LogP contribution is 2.61. The Labute approximate surface area is 682 Å². The second-order valence-corrected chi connectivity index (χ2v) is 37.9. The summed E-state index contributed by atoms with van der Waals surface area (Å²) < 4.78 is 312. The molecule has 0 aliphatic heterocycles. The summed E-state index contributed by atoms with van der Waals surface area (Å²) in [5.74, 6) is -2.92. The van der Waals surface area contributed by atoms with Gasteiger partial charge in [0.05, 0.1) is 43.3 Å². The van der Waals surface area contributed by atoms with Gasteiger partial charge in [0, 0.05) is 0 Å². The van der Waals surface area contributed by atoms with Crippen molar-refractivity contribution in [3.63, 3.8) is 0 Å². The third-order valence-corrected chi connectivity index (χ3v) is 28.6. The Kier molecular flexibility index (Phi) is 57.0. The minimum absolute atomic E-state index is 0.0361. The zero-order valence-corrected chi connectivity index (χ0v) is 79.3. The molecule has 0 aromatic heterocycles. The summed E-state index contributed by atoms with van der Waals surface area (Å²) in [6.45, 7) is 69.7. The van der Waals surface area contributed by atoms with Crippen molar-refractivity contribution in [2.75, 3.05) is 0 Å². The molecule has 0 radical (unpaired) electrons. The van der Waals surface area contributed by atoms with E-state index in [0.29, 0.717) is 83.5 Å². The van der Waals surface area contributed by atoms with Crippen molar-refractivity contribution < 1.29 is 105 Å². The van der Waals surface area contributed by atoms with E-state index in [-0.39, 0.29) is 97.2 Å². The molecular formula is C90H172F24. The number of hydrogen-bond donors (Lipinski definition) is 0. The van der Waals surface area contributed by atoms with Crippen LogP contribution in [0.25, 0.3) is 0 Å². The SMILES string of the molecule is CC(C)C(C(C)C)C(C)(C(C)C)C(F)(F)F.CC(C)C(C)(C(C)C)C(F)(F)F.CCC(C)(CC)C(C)(C(C)C)C(F)(F)F.CCC(CC)C(C)(C(C)C)C(F)(F)F.CCCC(C)(C(C(C)C)C(C)C)C(F)(F)F.CCCC(C)(C(CC)CC)C(F)(F)F.CCCC(C)(C(F)(F)F)C(C)(CC)CC.CCCC(C)(CCC)C(F)(F)F. The van der Waals surface area contributed by atoms with Gasteiger partial charge in [-0.25, -0.2) is 0 Å². The first-order valence-electron chi connectivity index (χ1n) is 42.9. The maximum atomic E-state index is 13.3. The van der Waals surface area contributed by atoms with Crippen molar-refractivity contribution in [1.29, 1.82) is 0 Å². The maximum Gasteiger partial charge on any atom is 0.395 e. The van der Waals surface area contributed by atoms with Crippen LogP contribution in [0.3, 0.4) is 0 Å². The smallest absolute Gasteiger partial charge is 0.171 e. The lowest BCUT2D eigenvalue weighted by atomic mass is 9.57. The molecule has 0 amide bonds. The Morgan fingerprint density at radius 1 is 0.202 bits per heavy atom. The normalized spacial score (nSPS) is 16.8. The lowest BCUT2D eigenvalue weighted by Gasteiger charge is -2.49. The van der Waals surface area contributed by atoms with Gasteiger partial charge >= 0.3 is 49.4 Å². The molecule has 0 N–H and O–H groups in total. The van der Waals surface area contributed by atoms with E-state index in [9.17, 15) is 105 Å². The molecule has 6 unspecified atom stereocenters. The first kappa shape index (κ1) is 128. The molecule has 0 aliphatic rings. The van der Waals surface area contributed by atoms with Gasteiger partial charge in [-0.3, -0.25) is 0 Å². The van der Waals surface area contributed by atoms with Crippen LogP contribution in [0, 0.1) is 131 Å². The van der Waals surface area contributed by atoms with E-state index in [2.05, 4.69) is 0 Å². The molecule has 0 spiro atoms. The van der Waals surface area contributed by atoms with Gasteiger partial charge in [0.2, 0.25) is 0 Å². The lowest BCUT2D eigenvalue weighted by Crippen LogP contribution is -2.51. The van der Waals surface area contributed by atoms with Crippen LogP contribution in [0.15, 0.2) is 0 Å². The maximum absolute atomic E-state index is 13.3. The van der Waals surface area contributed by atoms with E-state index >= 15 is 0 Å². The highest BCUT2D eigenvalue weighted by Gasteiger charge is 2.64. The average Bonchev–Trinajstić information content (AvgIpc) is 0.756. The van der Waals surface area contributed by atoms with Crippen LogP contribution in [-0.4, -0.2) is 49.4 Å². The Morgan fingerprint density at radius 2 is 0.447 bits per heavy atom. The summed E-state index contributed by atoms with van der Waals surface area (Å²) in [6, 6.07) is 0. The Balaban J connectivity index is -0.000000188.